The number of hydrogen-bond donors (Lipinski definition) is 7. The second-order valence-corrected chi connectivity index (χ2v) is 3.68. The van der Waals surface area contributed by atoms with E-state index in [-0.39, 0.29) is 6.15 Å². The van der Waals surface area contributed by atoms with Gasteiger partial charge < -0.3 is 41.5 Å². The van der Waals surface area contributed by atoms with Crippen LogP contribution in [0.4, 0.5) is 0 Å². The van der Waals surface area contributed by atoms with Gasteiger partial charge in [-0.25, -0.2) is 4.79 Å². The summed E-state index contributed by atoms with van der Waals surface area (Å²) in [4.78, 5) is 10.7. The average Bonchev–Trinajstić information content (AvgIpc) is 2.22. The lowest BCUT2D eigenvalue weighted by Gasteiger charge is -2.41. The van der Waals surface area contributed by atoms with E-state index < -0.39 is 49.2 Å². The molecule has 1 aliphatic heterocycles. The lowest BCUT2D eigenvalue weighted by Crippen LogP contribution is -2.61. The van der Waals surface area contributed by atoms with Gasteiger partial charge in [-0.3, -0.25) is 0 Å². The van der Waals surface area contributed by atoms with Gasteiger partial charge in [0, 0.05) is 6.42 Å². The molecule has 1 heterocycles. The predicted molar refractivity (Wildman–Crippen MR) is 52.2 cm³/mol. The van der Waals surface area contributed by atoms with Crippen LogP contribution in [0.1, 0.15) is 6.42 Å². The molecule has 17 heavy (non-hydrogen) atoms. The molecular formula is C8H17NO8. The molecule has 0 aliphatic carbocycles. The van der Waals surface area contributed by atoms with E-state index in [1.165, 1.54) is 0 Å². The number of carboxylic acid groups (broad SMARTS) is 1. The van der Waals surface area contributed by atoms with Crippen molar-refractivity contribution >= 4 is 5.97 Å². The molecule has 5 unspecified atom stereocenters. The number of aliphatic carboxylic acids is 1. The number of aliphatic hydroxyl groups is 5. The molecule has 1 aliphatic rings. The van der Waals surface area contributed by atoms with Gasteiger partial charge in [-0.2, -0.15) is 0 Å². The molecule has 9 nitrogen and oxygen atoms in total. The van der Waals surface area contributed by atoms with E-state index in [0.29, 0.717) is 0 Å². The minimum atomic E-state index is -2.68. The second kappa shape index (κ2) is 5.69. The van der Waals surface area contributed by atoms with Crippen LogP contribution in [-0.2, 0) is 9.53 Å². The molecule has 9 N–H and O–H groups in total. The molecule has 0 aromatic rings. The van der Waals surface area contributed by atoms with Crippen molar-refractivity contribution in [2.24, 2.45) is 0 Å². The number of aliphatic hydroxyl groups excluding tert-OH is 4. The SMILES string of the molecule is N.O=C(O)C1(O)CC(O)C(O)C(C(O)CO)O1. The van der Waals surface area contributed by atoms with Crippen molar-refractivity contribution in [3.05, 3.63) is 0 Å². The summed E-state index contributed by atoms with van der Waals surface area (Å²) >= 11 is 0. The van der Waals surface area contributed by atoms with E-state index in [1.54, 1.807) is 0 Å². The maximum atomic E-state index is 10.7. The first kappa shape index (κ1) is 16.2. The van der Waals surface area contributed by atoms with Crippen molar-refractivity contribution in [1.82, 2.24) is 6.15 Å². The van der Waals surface area contributed by atoms with Crippen LogP contribution < -0.4 is 6.15 Å². The van der Waals surface area contributed by atoms with Gasteiger partial charge in [0.1, 0.15) is 18.3 Å². The third-order valence-corrected chi connectivity index (χ3v) is 2.45. The Labute approximate surface area is 96.5 Å². The second-order valence-electron chi connectivity index (χ2n) is 3.68. The normalized spacial score (nSPS) is 39.2. The maximum absolute atomic E-state index is 10.7. The van der Waals surface area contributed by atoms with E-state index in [1.807, 2.05) is 0 Å². The zero-order valence-electron chi connectivity index (χ0n) is 8.93. The minimum absolute atomic E-state index is 0. The van der Waals surface area contributed by atoms with Crippen molar-refractivity contribution in [3.8, 4) is 0 Å². The van der Waals surface area contributed by atoms with E-state index in [2.05, 4.69) is 4.74 Å². The van der Waals surface area contributed by atoms with E-state index in [0.717, 1.165) is 0 Å². The first-order valence-electron chi connectivity index (χ1n) is 4.60. The first-order chi connectivity index (χ1) is 7.31. The topological polar surface area (TPSA) is 183 Å². The van der Waals surface area contributed by atoms with E-state index in [4.69, 9.17) is 10.2 Å². The molecule has 0 aromatic carbocycles. The highest BCUT2D eigenvalue weighted by atomic mass is 16.7. The van der Waals surface area contributed by atoms with Crippen LogP contribution in [0.5, 0.6) is 0 Å². The van der Waals surface area contributed by atoms with Gasteiger partial charge in [0.15, 0.2) is 0 Å². The molecule has 1 fully saturated rings. The summed E-state index contributed by atoms with van der Waals surface area (Å²) < 4.78 is 4.61. The molecule has 0 amide bonds. The molecule has 102 valence electrons. The summed E-state index contributed by atoms with van der Waals surface area (Å²) in [5, 5.41) is 54.7. The van der Waals surface area contributed by atoms with Gasteiger partial charge in [-0.05, 0) is 0 Å². The Morgan fingerprint density at radius 1 is 1.47 bits per heavy atom. The van der Waals surface area contributed by atoms with Crippen molar-refractivity contribution < 1.29 is 40.2 Å². The summed E-state index contributed by atoms with van der Waals surface area (Å²) in [5.41, 5.74) is 0. The third-order valence-electron chi connectivity index (χ3n) is 2.45. The molecule has 1 rings (SSSR count). The third kappa shape index (κ3) is 3.10. The number of carboxylic acids is 1. The molecule has 0 radical (unpaired) electrons. The van der Waals surface area contributed by atoms with Crippen molar-refractivity contribution in [2.75, 3.05) is 6.61 Å². The fourth-order valence-corrected chi connectivity index (χ4v) is 1.51. The average molecular weight is 255 g/mol. The fourth-order valence-electron chi connectivity index (χ4n) is 1.51. The summed E-state index contributed by atoms with van der Waals surface area (Å²) in [6.07, 6.45) is -7.05. The predicted octanol–water partition coefficient (Wildman–Crippen LogP) is -3.21. The highest BCUT2D eigenvalue weighted by Crippen LogP contribution is 2.29. The summed E-state index contributed by atoms with van der Waals surface area (Å²) in [6.45, 7) is -0.801. The van der Waals surface area contributed by atoms with Crippen molar-refractivity contribution in [3.63, 3.8) is 0 Å². The molecule has 0 aromatic heterocycles. The molecule has 0 bridgehead atoms. The van der Waals surface area contributed by atoms with Gasteiger partial charge in [0.2, 0.25) is 0 Å². The van der Waals surface area contributed by atoms with Gasteiger partial charge in [0.05, 0.1) is 12.7 Å². The van der Waals surface area contributed by atoms with Crippen LogP contribution in [0.3, 0.4) is 0 Å². The fraction of sp³-hybridized carbons (Fsp3) is 0.875. The Balaban J connectivity index is 0.00000256. The number of carbonyl (C=O) groups is 1. The van der Waals surface area contributed by atoms with Crippen LogP contribution in [0.2, 0.25) is 0 Å². The van der Waals surface area contributed by atoms with Crippen LogP contribution in [0.25, 0.3) is 0 Å². The quantitative estimate of drug-likeness (QED) is 0.272. The van der Waals surface area contributed by atoms with Crippen molar-refractivity contribution in [2.45, 2.75) is 36.6 Å². The van der Waals surface area contributed by atoms with Crippen molar-refractivity contribution in [1.29, 1.82) is 0 Å². The standard InChI is InChI=1S/C8H14O8.H3N/c9-2-4(11)6-5(12)3(10)1-8(15,16-6)7(13)14;/h3-6,9-12,15H,1-2H2,(H,13,14);1H3. The highest BCUT2D eigenvalue weighted by molar-refractivity contribution is 5.75. The Bertz CT molecular complexity index is 274. The lowest BCUT2D eigenvalue weighted by atomic mass is 9.93. The highest BCUT2D eigenvalue weighted by Gasteiger charge is 2.52. The zero-order valence-corrected chi connectivity index (χ0v) is 8.93. The largest absolute Gasteiger partial charge is 0.477 e. The van der Waals surface area contributed by atoms with Gasteiger partial charge in [-0.1, -0.05) is 0 Å². The molecule has 1 saturated heterocycles. The Hall–Kier alpha value is -0.810. The first-order valence-corrected chi connectivity index (χ1v) is 4.60. The van der Waals surface area contributed by atoms with E-state index >= 15 is 0 Å². The Morgan fingerprint density at radius 2 is 2.00 bits per heavy atom. The Kier molecular flexibility index (Phi) is 5.42. The van der Waals surface area contributed by atoms with Crippen LogP contribution in [0, 0.1) is 0 Å². The molecule has 5 atom stereocenters. The van der Waals surface area contributed by atoms with Crippen LogP contribution in [0.15, 0.2) is 0 Å². The smallest absolute Gasteiger partial charge is 0.364 e. The summed E-state index contributed by atoms with van der Waals surface area (Å²) in [5.74, 6) is -4.42. The molecule has 0 saturated carbocycles. The minimum Gasteiger partial charge on any atom is -0.477 e. The molecule has 9 heteroatoms. The van der Waals surface area contributed by atoms with Gasteiger partial charge in [-0.15, -0.1) is 0 Å². The summed E-state index contributed by atoms with van der Waals surface area (Å²) in [6, 6.07) is 0. The van der Waals surface area contributed by atoms with E-state index in [9.17, 15) is 25.2 Å². The van der Waals surface area contributed by atoms with Crippen LogP contribution >= 0.6 is 0 Å². The molecular weight excluding hydrogens is 238 g/mol. The van der Waals surface area contributed by atoms with Gasteiger partial charge >= 0.3 is 5.97 Å². The zero-order chi connectivity index (χ0) is 12.5. The van der Waals surface area contributed by atoms with Crippen LogP contribution in [-0.4, -0.2) is 73.4 Å². The number of ether oxygens (including phenoxy) is 1. The van der Waals surface area contributed by atoms with Gasteiger partial charge in [0.25, 0.3) is 5.79 Å². The Morgan fingerprint density at radius 3 is 2.41 bits per heavy atom. The summed E-state index contributed by atoms with van der Waals surface area (Å²) in [7, 11) is 0. The number of hydrogen-bond acceptors (Lipinski definition) is 8. The molecule has 0 spiro atoms. The maximum Gasteiger partial charge on any atom is 0.364 e. The number of rotatable bonds is 3. The monoisotopic (exact) mass is 255 g/mol. The lowest BCUT2D eigenvalue weighted by molar-refractivity contribution is -0.308.